The molecule has 4 rings (SSSR count). The molecule has 3 heteroatoms. The number of nitrogens with zero attached hydrogens (tertiary/aromatic N) is 3. The molecule has 3 aromatic heterocycles. The summed E-state index contributed by atoms with van der Waals surface area (Å²) >= 11 is 0. The first kappa shape index (κ1) is 20.0. The summed E-state index contributed by atoms with van der Waals surface area (Å²) in [6.07, 6.45) is 14.6. The molecule has 0 aliphatic rings. The van der Waals surface area contributed by atoms with Gasteiger partial charge in [-0.05, 0) is 89.0 Å². The van der Waals surface area contributed by atoms with Crippen molar-refractivity contribution in [2.75, 3.05) is 0 Å². The van der Waals surface area contributed by atoms with Crippen molar-refractivity contribution < 1.29 is 0 Å². The van der Waals surface area contributed by atoms with Gasteiger partial charge in [0.15, 0.2) is 0 Å². The van der Waals surface area contributed by atoms with Crippen LogP contribution in [0, 0.1) is 0 Å². The lowest BCUT2D eigenvalue weighted by atomic mass is 9.93. The molecule has 4 aromatic rings. The van der Waals surface area contributed by atoms with Gasteiger partial charge in [-0.2, -0.15) is 0 Å². The highest BCUT2D eigenvalue weighted by Gasteiger charge is 2.10. The lowest BCUT2D eigenvalue weighted by Gasteiger charge is -2.12. The predicted molar refractivity (Wildman–Crippen MR) is 124 cm³/mol. The molecule has 0 radical (unpaired) electrons. The maximum atomic E-state index is 4.47. The standard InChI is InChI=1S/C27H27N3/c1-4-19-7-25(16-28-13-19)22-10-23(26-8-20(5-2)14-29-17-26)12-24(11-22)27-9-21(6-3)15-30-18-27/h7-18H,4-6H2,1-3H3. The third kappa shape index (κ3) is 4.30. The van der Waals surface area contributed by atoms with Crippen LogP contribution < -0.4 is 0 Å². The SMILES string of the molecule is CCc1cncc(-c2cc(-c3cncc(CC)c3)cc(-c3cncc(CC)c3)c2)c1. The van der Waals surface area contributed by atoms with Crippen LogP contribution in [-0.2, 0) is 19.3 Å². The van der Waals surface area contributed by atoms with Gasteiger partial charge in [-0.15, -0.1) is 0 Å². The Morgan fingerprint density at radius 1 is 0.400 bits per heavy atom. The highest BCUT2D eigenvalue weighted by atomic mass is 14.6. The van der Waals surface area contributed by atoms with E-state index >= 15 is 0 Å². The molecule has 3 heterocycles. The summed E-state index contributed by atoms with van der Waals surface area (Å²) in [5.74, 6) is 0. The smallest absolute Gasteiger partial charge is 0.0346 e. The highest BCUT2D eigenvalue weighted by molar-refractivity contribution is 5.81. The Morgan fingerprint density at radius 2 is 0.700 bits per heavy atom. The van der Waals surface area contributed by atoms with E-state index in [0.29, 0.717) is 0 Å². The Labute approximate surface area is 178 Å². The van der Waals surface area contributed by atoms with Crippen LogP contribution in [0.5, 0.6) is 0 Å². The first-order chi connectivity index (χ1) is 14.7. The van der Waals surface area contributed by atoms with E-state index in [1.165, 1.54) is 16.7 Å². The molecular formula is C27H27N3. The lowest BCUT2D eigenvalue weighted by molar-refractivity contribution is 1.10. The van der Waals surface area contributed by atoms with E-state index in [1.54, 1.807) is 0 Å². The second-order valence-corrected chi connectivity index (χ2v) is 7.61. The van der Waals surface area contributed by atoms with Gasteiger partial charge in [0.2, 0.25) is 0 Å². The summed E-state index contributed by atoms with van der Waals surface area (Å²) in [4.78, 5) is 13.4. The molecule has 0 amide bonds. The van der Waals surface area contributed by atoms with Gasteiger partial charge in [0.1, 0.15) is 0 Å². The zero-order valence-electron chi connectivity index (χ0n) is 17.9. The van der Waals surface area contributed by atoms with Crippen LogP contribution in [0.3, 0.4) is 0 Å². The molecule has 30 heavy (non-hydrogen) atoms. The maximum Gasteiger partial charge on any atom is 0.0346 e. The van der Waals surface area contributed by atoms with Crippen molar-refractivity contribution in [3.63, 3.8) is 0 Å². The number of hydrogen-bond acceptors (Lipinski definition) is 3. The van der Waals surface area contributed by atoms with Gasteiger partial charge >= 0.3 is 0 Å². The fourth-order valence-corrected chi connectivity index (χ4v) is 3.64. The fourth-order valence-electron chi connectivity index (χ4n) is 3.64. The molecule has 0 saturated heterocycles. The van der Waals surface area contributed by atoms with Crippen LogP contribution >= 0.6 is 0 Å². The van der Waals surface area contributed by atoms with E-state index in [9.17, 15) is 0 Å². The van der Waals surface area contributed by atoms with E-state index in [2.05, 4.69) is 72.1 Å². The molecule has 1 aromatic carbocycles. The number of benzene rings is 1. The van der Waals surface area contributed by atoms with Gasteiger partial charge in [0.25, 0.3) is 0 Å². The van der Waals surface area contributed by atoms with Crippen molar-refractivity contribution in [2.45, 2.75) is 40.0 Å². The number of aryl methyl sites for hydroxylation is 3. The predicted octanol–water partition coefficient (Wildman–Crippen LogP) is 6.56. The zero-order valence-corrected chi connectivity index (χ0v) is 17.9. The minimum Gasteiger partial charge on any atom is -0.264 e. The molecule has 0 aliphatic carbocycles. The van der Waals surface area contributed by atoms with Gasteiger partial charge in [-0.1, -0.05) is 20.8 Å². The van der Waals surface area contributed by atoms with E-state index in [1.807, 2.05) is 37.2 Å². The van der Waals surface area contributed by atoms with E-state index in [4.69, 9.17) is 0 Å². The Hall–Kier alpha value is -3.33. The first-order valence-electron chi connectivity index (χ1n) is 10.7. The molecular weight excluding hydrogens is 366 g/mol. The van der Waals surface area contributed by atoms with Crippen LogP contribution in [0.1, 0.15) is 37.5 Å². The van der Waals surface area contributed by atoms with Crippen LogP contribution in [-0.4, -0.2) is 15.0 Å². The van der Waals surface area contributed by atoms with Crippen LogP contribution in [0.15, 0.2) is 73.6 Å². The molecule has 0 atom stereocenters. The summed E-state index contributed by atoms with van der Waals surface area (Å²) < 4.78 is 0. The maximum absolute atomic E-state index is 4.47. The Kier molecular flexibility index (Phi) is 5.99. The molecule has 150 valence electrons. The molecule has 0 fully saturated rings. The normalized spacial score (nSPS) is 10.9. The second-order valence-electron chi connectivity index (χ2n) is 7.61. The third-order valence-corrected chi connectivity index (χ3v) is 5.54. The minimum atomic E-state index is 0.971. The molecule has 0 unspecified atom stereocenters. The first-order valence-corrected chi connectivity index (χ1v) is 10.7. The monoisotopic (exact) mass is 393 g/mol. The third-order valence-electron chi connectivity index (χ3n) is 5.54. The summed E-state index contributed by atoms with van der Waals surface area (Å²) in [6.45, 7) is 6.48. The number of aromatic nitrogens is 3. The summed E-state index contributed by atoms with van der Waals surface area (Å²) in [5, 5.41) is 0. The minimum absolute atomic E-state index is 0.971. The Bertz CT molecular complexity index is 1010. The quantitative estimate of drug-likeness (QED) is 0.372. The van der Waals surface area contributed by atoms with E-state index < -0.39 is 0 Å². The van der Waals surface area contributed by atoms with Crippen molar-refractivity contribution in [3.8, 4) is 33.4 Å². The van der Waals surface area contributed by atoms with Crippen molar-refractivity contribution >= 4 is 0 Å². The van der Waals surface area contributed by atoms with Crippen LogP contribution in [0.25, 0.3) is 33.4 Å². The average molecular weight is 394 g/mol. The van der Waals surface area contributed by atoms with Crippen molar-refractivity contribution in [2.24, 2.45) is 0 Å². The summed E-state index contributed by atoms with van der Waals surface area (Å²) in [7, 11) is 0. The molecule has 3 nitrogen and oxygen atoms in total. The van der Waals surface area contributed by atoms with Crippen molar-refractivity contribution in [3.05, 3.63) is 90.3 Å². The topological polar surface area (TPSA) is 38.7 Å². The average Bonchev–Trinajstić information content (AvgIpc) is 2.83. The van der Waals surface area contributed by atoms with E-state index in [0.717, 1.165) is 52.6 Å². The number of pyridine rings is 3. The van der Waals surface area contributed by atoms with Gasteiger partial charge in [-0.3, -0.25) is 15.0 Å². The Morgan fingerprint density at radius 3 is 0.967 bits per heavy atom. The number of hydrogen-bond donors (Lipinski definition) is 0. The second kappa shape index (κ2) is 9.00. The van der Waals surface area contributed by atoms with Gasteiger partial charge in [-0.25, -0.2) is 0 Å². The molecule has 0 N–H and O–H groups in total. The summed E-state index contributed by atoms with van der Waals surface area (Å²) in [5.41, 5.74) is 10.6. The fraction of sp³-hybridized carbons (Fsp3) is 0.222. The molecule has 0 bridgehead atoms. The summed E-state index contributed by atoms with van der Waals surface area (Å²) in [6, 6.07) is 13.4. The van der Waals surface area contributed by atoms with Crippen LogP contribution in [0.4, 0.5) is 0 Å². The van der Waals surface area contributed by atoms with Crippen molar-refractivity contribution in [1.82, 2.24) is 15.0 Å². The van der Waals surface area contributed by atoms with Crippen LogP contribution in [0.2, 0.25) is 0 Å². The highest BCUT2D eigenvalue weighted by Crippen LogP contribution is 2.33. The largest absolute Gasteiger partial charge is 0.264 e. The zero-order chi connectivity index (χ0) is 20.9. The Balaban J connectivity index is 1.91. The van der Waals surface area contributed by atoms with E-state index in [-0.39, 0.29) is 0 Å². The van der Waals surface area contributed by atoms with Gasteiger partial charge in [0.05, 0.1) is 0 Å². The lowest BCUT2D eigenvalue weighted by Crippen LogP contribution is -1.91. The van der Waals surface area contributed by atoms with Gasteiger partial charge in [0, 0.05) is 53.9 Å². The van der Waals surface area contributed by atoms with Crippen molar-refractivity contribution in [1.29, 1.82) is 0 Å². The molecule has 0 aliphatic heterocycles. The molecule has 0 spiro atoms. The molecule has 0 saturated carbocycles. The number of rotatable bonds is 6. The van der Waals surface area contributed by atoms with Gasteiger partial charge < -0.3 is 0 Å².